The van der Waals surface area contributed by atoms with Crippen LogP contribution in [0.3, 0.4) is 0 Å². The fourth-order valence-corrected chi connectivity index (χ4v) is 2.41. The van der Waals surface area contributed by atoms with Crippen LogP contribution in [0.1, 0.15) is 24.9 Å². The van der Waals surface area contributed by atoms with E-state index in [-0.39, 0.29) is 36.7 Å². The summed E-state index contributed by atoms with van der Waals surface area (Å²) in [6.07, 6.45) is 0.959. The van der Waals surface area contributed by atoms with E-state index in [4.69, 9.17) is 0 Å². The number of nitrogens with one attached hydrogen (secondary N) is 1. The van der Waals surface area contributed by atoms with Gasteiger partial charge in [-0.2, -0.15) is 0 Å². The molecule has 1 saturated heterocycles. The topological polar surface area (TPSA) is 15.3 Å². The summed E-state index contributed by atoms with van der Waals surface area (Å²) < 4.78 is 13.7. The second kappa shape index (κ2) is 8.70. The first kappa shape index (κ1) is 17.6. The quantitative estimate of drug-likeness (QED) is 0.922. The lowest BCUT2D eigenvalue weighted by Crippen LogP contribution is -2.45. The Morgan fingerprint density at radius 2 is 1.83 bits per heavy atom. The molecule has 0 bridgehead atoms. The van der Waals surface area contributed by atoms with Gasteiger partial charge in [-0.25, -0.2) is 4.39 Å². The van der Waals surface area contributed by atoms with Crippen molar-refractivity contribution in [1.82, 2.24) is 10.2 Å². The minimum atomic E-state index is -0.0760. The van der Waals surface area contributed by atoms with Crippen LogP contribution < -0.4 is 5.32 Å². The number of hydrogen-bond acceptors (Lipinski definition) is 2. The Balaban J connectivity index is 0.00000144. The van der Waals surface area contributed by atoms with Crippen LogP contribution >= 0.6 is 24.8 Å². The molecule has 0 spiro atoms. The molecule has 2 nitrogen and oxygen atoms in total. The maximum atomic E-state index is 13.7. The first-order valence-corrected chi connectivity index (χ1v) is 6.02. The van der Waals surface area contributed by atoms with Crippen LogP contribution in [0.5, 0.6) is 0 Å². The van der Waals surface area contributed by atoms with Gasteiger partial charge in [0.1, 0.15) is 5.82 Å². The van der Waals surface area contributed by atoms with E-state index in [2.05, 4.69) is 17.1 Å². The van der Waals surface area contributed by atoms with Crippen LogP contribution in [-0.4, -0.2) is 31.1 Å². The molecule has 18 heavy (non-hydrogen) atoms. The Bertz CT molecular complexity index is 344. The fraction of sp³-hybridized carbons (Fsp3) is 0.538. The first-order valence-electron chi connectivity index (χ1n) is 6.02. The van der Waals surface area contributed by atoms with Gasteiger partial charge in [0.15, 0.2) is 0 Å². The smallest absolute Gasteiger partial charge is 0.127 e. The molecule has 1 aliphatic rings. The highest BCUT2D eigenvalue weighted by Crippen LogP contribution is 2.26. The summed E-state index contributed by atoms with van der Waals surface area (Å²) in [6, 6.07) is 7.36. The molecule has 1 aromatic carbocycles. The Kier molecular flexibility index (Phi) is 8.53. The van der Waals surface area contributed by atoms with Crippen LogP contribution in [0.25, 0.3) is 0 Å². The van der Waals surface area contributed by atoms with Crippen molar-refractivity contribution >= 4 is 24.8 Å². The Morgan fingerprint density at radius 1 is 1.22 bits per heavy atom. The van der Waals surface area contributed by atoms with E-state index in [0.29, 0.717) is 0 Å². The monoisotopic (exact) mass is 294 g/mol. The third-order valence-electron chi connectivity index (χ3n) is 3.24. The van der Waals surface area contributed by atoms with Crippen LogP contribution in [0.15, 0.2) is 24.3 Å². The Labute approximate surface area is 121 Å². The van der Waals surface area contributed by atoms with Crippen molar-refractivity contribution in [2.24, 2.45) is 0 Å². The van der Waals surface area contributed by atoms with Crippen LogP contribution in [0.2, 0.25) is 0 Å². The number of halogens is 3. The van der Waals surface area contributed by atoms with E-state index in [1.807, 2.05) is 12.1 Å². The third kappa shape index (κ3) is 4.09. The van der Waals surface area contributed by atoms with E-state index < -0.39 is 0 Å². The summed E-state index contributed by atoms with van der Waals surface area (Å²) in [6.45, 7) is 6.15. The van der Waals surface area contributed by atoms with Crippen LogP contribution in [-0.2, 0) is 0 Å². The predicted octanol–water partition coefficient (Wildman–Crippen LogP) is 3.03. The van der Waals surface area contributed by atoms with Gasteiger partial charge in [-0.15, -0.1) is 24.8 Å². The van der Waals surface area contributed by atoms with E-state index >= 15 is 0 Å². The molecule has 0 aromatic heterocycles. The van der Waals surface area contributed by atoms with E-state index in [0.717, 1.165) is 38.2 Å². The molecule has 1 N–H and O–H groups in total. The van der Waals surface area contributed by atoms with Crippen LogP contribution in [0.4, 0.5) is 4.39 Å². The van der Waals surface area contributed by atoms with E-state index in [1.54, 1.807) is 12.1 Å². The normalized spacial score (nSPS) is 17.4. The molecule has 1 aromatic rings. The summed E-state index contributed by atoms with van der Waals surface area (Å²) in [5, 5.41) is 3.32. The van der Waals surface area contributed by atoms with Crippen molar-refractivity contribution in [3.63, 3.8) is 0 Å². The number of piperazine rings is 1. The van der Waals surface area contributed by atoms with Gasteiger partial charge in [0.2, 0.25) is 0 Å². The Hall–Kier alpha value is -0.350. The fourth-order valence-electron chi connectivity index (χ4n) is 2.41. The van der Waals surface area contributed by atoms with Crippen LogP contribution in [0, 0.1) is 5.82 Å². The van der Waals surface area contributed by atoms with Gasteiger partial charge in [-0.1, -0.05) is 25.1 Å². The van der Waals surface area contributed by atoms with Crippen molar-refractivity contribution in [3.05, 3.63) is 35.6 Å². The first-order chi connectivity index (χ1) is 7.83. The molecular weight excluding hydrogens is 274 g/mol. The molecule has 5 heteroatoms. The third-order valence-corrected chi connectivity index (χ3v) is 3.24. The summed E-state index contributed by atoms with van der Waals surface area (Å²) in [5.74, 6) is -0.0760. The van der Waals surface area contributed by atoms with Crippen molar-refractivity contribution < 1.29 is 4.39 Å². The van der Waals surface area contributed by atoms with Gasteiger partial charge in [0.25, 0.3) is 0 Å². The maximum Gasteiger partial charge on any atom is 0.127 e. The lowest BCUT2D eigenvalue weighted by atomic mass is 10.0. The zero-order valence-corrected chi connectivity index (χ0v) is 12.2. The highest BCUT2D eigenvalue weighted by Gasteiger charge is 2.22. The van der Waals surface area contributed by atoms with Crippen molar-refractivity contribution in [1.29, 1.82) is 0 Å². The lowest BCUT2D eigenvalue weighted by molar-refractivity contribution is 0.166. The SMILES string of the molecule is CC[C@H](c1ccccc1F)N1CCNCC1.Cl.Cl. The van der Waals surface area contributed by atoms with E-state index in [1.165, 1.54) is 0 Å². The number of rotatable bonds is 3. The molecule has 1 heterocycles. The minimum absolute atomic E-state index is 0. The zero-order chi connectivity index (χ0) is 11.4. The highest BCUT2D eigenvalue weighted by atomic mass is 35.5. The highest BCUT2D eigenvalue weighted by molar-refractivity contribution is 5.85. The minimum Gasteiger partial charge on any atom is -0.314 e. The molecule has 0 radical (unpaired) electrons. The molecule has 1 aliphatic heterocycles. The molecule has 2 rings (SSSR count). The zero-order valence-electron chi connectivity index (χ0n) is 10.6. The predicted molar refractivity (Wildman–Crippen MR) is 78.4 cm³/mol. The van der Waals surface area contributed by atoms with Gasteiger partial charge in [0.05, 0.1) is 0 Å². The van der Waals surface area contributed by atoms with Gasteiger partial charge in [-0.3, -0.25) is 4.90 Å². The van der Waals surface area contributed by atoms with Crippen molar-refractivity contribution in [2.75, 3.05) is 26.2 Å². The van der Waals surface area contributed by atoms with Gasteiger partial charge >= 0.3 is 0 Å². The molecular formula is C13H21Cl2FN2. The maximum absolute atomic E-state index is 13.7. The molecule has 1 atom stereocenters. The molecule has 0 aliphatic carbocycles. The standard InChI is InChI=1S/C13H19FN2.2ClH/c1-2-13(16-9-7-15-8-10-16)11-5-3-4-6-12(11)14;;/h3-6,13,15H,2,7-10H2,1H3;2*1H/t13-;;/m1../s1. The average Bonchev–Trinajstić information content (AvgIpc) is 2.34. The number of benzene rings is 1. The summed E-state index contributed by atoms with van der Waals surface area (Å²) in [7, 11) is 0. The summed E-state index contributed by atoms with van der Waals surface area (Å²) in [5.41, 5.74) is 0.840. The molecule has 1 fully saturated rings. The average molecular weight is 295 g/mol. The summed E-state index contributed by atoms with van der Waals surface area (Å²) in [4.78, 5) is 2.37. The second-order valence-corrected chi connectivity index (χ2v) is 4.23. The van der Waals surface area contributed by atoms with Gasteiger partial charge in [-0.05, 0) is 12.5 Å². The van der Waals surface area contributed by atoms with Crippen molar-refractivity contribution in [3.8, 4) is 0 Å². The largest absolute Gasteiger partial charge is 0.314 e. The molecule has 104 valence electrons. The van der Waals surface area contributed by atoms with Gasteiger partial charge in [0, 0.05) is 37.8 Å². The lowest BCUT2D eigenvalue weighted by Gasteiger charge is -2.34. The van der Waals surface area contributed by atoms with E-state index in [9.17, 15) is 4.39 Å². The second-order valence-electron chi connectivity index (χ2n) is 4.23. The molecule has 0 saturated carbocycles. The number of hydrogen-bond donors (Lipinski definition) is 1. The van der Waals surface area contributed by atoms with Crippen molar-refractivity contribution in [2.45, 2.75) is 19.4 Å². The molecule has 0 unspecified atom stereocenters. The number of nitrogens with zero attached hydrogens (tertiary/aromatic N) is 1. The van der Waals surface area contributed by atoms with Gasteiger partial charge < -0.3 is 5.32 Å². The summed E-state index contributed by atoms with van der Waals surface area (Å²) >= 11 is 0. The Morgan fingerprint density at radius 3 is 2.39 bits per heavy atom. The molecule has 0 amide bonds.